The Morgan fingerprint density at radius 1 is 1.25 bits per heavy atom. The largest absolute Gasteiger partial charge is 0.494 e. The SMILES string of the molecule is COc1cc(F)ccc1N1CCN(I)CC1. The molecule has 0 aromatic heterocycles. The topological polar surface area (TPSA) is 15.7 Å². The first-order valence-corrected chi connectivity index (χ1v) is 6.16. The fourth-order valence-corrected chi connectivity index (χ4v) is 2.27. The Morgan fingerprint density at radius 3 is 2.56 bits per heavy atom. The fourth-order valence-electron chi connectivity index (χ4n) is 1.84. The second-order valence-corrected chi connectivity index (χ2v) is 5.08. The molecule has 1 aromatic rings. The van der Waals surface area contributed by atoms with Gasteiger partial charge in [-0.25, -0.2) is 7.50 Å². The van der Waals surface area contributed by atoms with Crippen molar-refractivity contribution in [1.29, 1.82) is 0 Å². The molecular weight excluding hydrogens is 322 g/mol. The van der Waals surface area contributed by atoms with E-state index in [9.17, 15) is 4.39 Å². The standard InChI is InChI=1S/C11H14FIN2O/c1-16-11-8-9(12)2-3-10(11)14-4-6-15(13)7-5-14/h2-3,8H,4-7H2,1H3. The van der Waals surface area contributed by atoms with Gasteiger partial charge < -0.3 is 9.64 Å². The van der Waals surface area contributed by atoms with E-state index in [4.69, 9.17) is 4.74 Å². The first-order chi connectivity index (χ1) is 7.70. The third-order valence-corrected chi connectivity index (χ3v) is 3.67. The van der Waals surface area contributed by atoms with Gasteiger partial charge in [0.1, 0.15) is 11.6 Å². The normalized spacial score (nSPS) is 17.6. The lowest BCUT2D eigenvalue weighted by Gasteiger charge is -2.33. The summed E-state index contributed by atoms with van der Waals surface area (Å²) in [5.41, 5.74) is 0.980. The minimum absolute atomic E-state index is 0.256. The molecule has 1 saturated heterocycles. The first-order valence-electron chi connectivity index (χ1n) is 5.20. The average molecular weight is 336 g/mol. The lowest BCUT2D eigenvalue weighted by molar-refractivity contribution is 0.405. The summed E-state index contributed by atoms with van der Waals surface area (Å²) in [6.07, 6.45) is 0. The molecule has 16 heavy (non-hydrogen) atoms. The Kier molecular flexibility index (Phi) is 3.86. The number of piperazine rings is 1. The molecule has 0 aliphatic carbocycles. The van der Waals surface area contributed by atoms with E-state index in [1.807, 2.05) is 0 Å². The third kappa shape index (κ3) is 2.57. The average Bonchev–Trinajstić information content (AvgIpc) is 2.30. The minimum atomic E-state index is -0.256. The summed E-state index contributed by atoms with van der Waals surface area (Å²) in [5, 5.41) is 0. The summed E-state index contributed by atoms with van der Waals surface area (Å²) in [7, 11) is 1.58. The van der Waals surface area contributed by atoms with Crippen molar-refractivity contribution < 1.29 is 9.13 Å². The van der Waals surface area contributed by atoms with Crippen LogP contribution in [-0.4, -0.2) is 36.4 Å². The molecule has 0 amide bonds. The predicted octanol–water partition coefficient (Wildman–Crippen LogP) is 2.31. The van der Waals surface area contributed by atoms with Gasteiger partial charge in [-0.2, -0.15) is 0 Å². The lowest BCUT2D eigenvalue weighted by Crippen LogP contribution is -2.42. The molecule has 0 bridgehead atoms. The molecule has 1 heterocycles. The van der Waals surface area contributed by atoms with Gasteiger partial charge in [-0.1, -0.05) is 0 Å². The van der Waals surface area contributed by atoms with Crippen LogP contribution in [0.25, 0.3) is 0 Å². The van der Waals surface area contributed by atoms with Crippen LogP contribution in [0, 0.1) is 5.82 Å². The molecule has 0 N–H and O–H groups in total. The van der Waals surface area contributed by atoms with Gasteiger partial charge in [0, 0.05) is 55.1 Å². The summed E-state index contributed by atoms with van der Waals surface area (Å²) < 4.78 is 20.5. The molecule has 0 saturated carbocycles. The monoisotopic (exact) mass is 336 g/mol. The number of nitrogens with zero attached hydrogens (tertiary/aromatic N) is 2. The summed E-state index contributed by atoms with van der Waals surface area (Å²) in [4.78, 5) is 2.23. The van der Waals surface area contributed by atoms with Crippen molar-refractivity contribution in [3.8, 4) is 5.75 Å². The van der Waals surface area contributed by atoms with E-state index in [-0.39, 0.29) is 5.82 Å². The van der Waals surface area contributed by atoms with Crippen LogP contribution in [-0.2, 0) is 0 Å². The summed E-state index contributed by atoms with van der Waals surface area (Å²) >= 11 is 2.32. The summed E-state index contributed by atoms with van der Waals surface area (Å²) in [6.45, 7) is 3.93. The van der Waals surface area contributed by atoms with Crippen LogP contribution in [0.1, 0.15) is 0 Å². The van der Waals surface area contributed by atoms with E-state index in [0.717, 1.165) is 31.9 Å². The van der Waals surface area contributed by atoms with Crippen LogP contribution in [0.5, 0.6) is 5.75 Å². The van der Waals surface area contributed by atoms with Gasteiger partial charge in [0.15, 0.2) is 0 Å². The van der Waals surface area contributed by atoms with Crippen LogP contribution < -0.4 is 9.64 Å². The zero-order valence-electron chi connectivity index (χ0n) is 9.12. The van der Waals surface area contributed by atoms with E-state index in [1.165, 1.54) is 12.1 Å². The van der Waals surface area contributed by atoms with Crippen molar-refractivity contribution in [3.05, 3.63) is 24.0 Å². The van der Waals surface area contributed by atoms with E-state index >= 15 is 0 Å². The molecule has 1 aliphatic heterocycles. The number of methoxy groups -OCH3 is 1. The molecule has 88 valence electrons. The predicted molar refractivity (Wildman–Crippen MR) is 70.8 cm³/mol. The van der Waals surface area contributed by atoms with Crippen LogP contribution in [0.3, 0.4) is 0 Å². The molecule has 5 heteroatoms. The maximum atomic E-state index is 13.1. The molecule has 2 rings (SSSR count). The van der Waals surface area contributed by atoms with Crippen molar-refractivity contribution >= 4 is 28.6 Å². The van der Waals surface area contributed by atoms with Gasteiger partial charge in [-0.3, -0.25) is 0 Å². The second kappa shape index (κ2) is 5.18. The molecule has 3 nitrogen and oxygen atoms in total. The highest BCUT2D eigenvalue weighted by molar-refractivity contribution is 14.1. The lowest BCUT2D eigenvalue weighted by atomic mass is 10.2. The van der Waals surface area contributed by atoms with Crippen LogP contribution in [0.15, 0.2) is 18.2 Å². The number of rotatable bonds is 2. The third-order valence-electron chi connectivity index (χ3n) is 2.71. The van der Waals surface area contributed by atoms with Gasteiger partial charge in [-0.05, 0) is 12.1 Å². The van der Waals surface area contributed by atoms with Gasteiger partial charge in [0.25, 0.3) is 0 Å². The summed E-state index contributed by atoms with van der Waals surface area (Å²) in [6, 6.07) is 4.71. The number of ether oxygens (including phenoxy) is 1. The highest BCUT2D eigenvalue weighted by atomic mass is 127. The Bertz CT molecular complexity index is 367. The van der Waals surface area contributed by atoms with E-state index in [1.54, 1.807) is 13.2 Å². The van der Waals surface area contributed by atoms with Crippen LogP contribution >= 0.6 is 22.9 Å². The number of hydrogen-bond acceptors (Lipinski definition) is 3. The van der Waals surface area contributed by atoms with Crippen molar-refractivity contribution in [2.75, 3.05) is 38.2 Å². The smallest absolute Gasteiger partial charge is 0.145 e. The van der Waals surface area contributed by atoms with Crippen molar-refractivity contribution in [3.63, 3.8) is 0 Å². The molecule has 1 aliphatic rings. The second-order valence-electron chi connectivity index (χ2n) is 3.71. The van der Waals surface area contributed by atoms with Gasteiger partial charge in [0.05, 0.1) is 12.8 Å². The maximum Gasteiger partial charge on any atom is 0.145 e. The van der Waals surface area contributed by atoms with E-state index in [2.05, 4.69) is 30.9 Å². The molecular formula is C11H14FIN2O. The Balaban J connectivity index is 2.19. The zero-order valence-corrected chi connectivity index (χ0v) is 11.3. The molecule has 0 unspecified atom stereocenters. The number of halogens is 2. The van der Waals surface area contributed by atoms with Crippen LogP contribution in [0.2, 0.25) is 0 Å². The molecule has 1 aromatic carbocycles. The van der Waals surface area contributed by atoms with Gasteiger partial charge in [-0.15, -0.1) is 0 Å². The quantitative estimate of drug-likeness (QED) is 0.609. The zero-order chi connectivity index (χ0) is 11.5. The van der Waals surface area contributed by atoms with Crippen LogP contribution in [0.4, 0.5) is 10.1 Å². The van der Waals surface area contributed by atoms with Gasteiger partial charge in [0.2, 0.25) is 0 Å². The summed E-state index contributed by atoms with van der Waals surface area (Å²) in [5.74, 6) is 0.357. The van der Waals surface area contributed by atoms with Crippen molar-refractivity contribution in [2.45, 2.75) is 0 Å². The molecule has 0 atom stereocenters. The number of anilines is 1. The molecule has 1 fully saturated rings. The van der Waals surface area contributed by atoms with Crippen molar-refractivity contribution in [2.24, 2.45) is 0 Å². The first kappa shape index (κ1) is 11.9. The molecule has 0 spiro atoms. The number of hydrogen-bond donors (Lipinski definition) is 0. The van der Waals surface area contributed by atoms with Gasteiger partial charge >= 0.3 is 0 Å². The minimum Gasteiger partial charge on any atom is -0.494 e. The van der Waals surface area contributed by atoms with E-state index in [0.29, 0.717) is 5.75 Å². The van der Waals surface area contributed by atoms with Crippen molar-refractivity contribution in [1.82, 2.24) is 3.11 Å². The maximum absolute atomic E-state index is 13.1. The highest BCUT2D eigenvalue weighted by Crippen LogP contribution is 2.29. The number of benzene rings is 1. The highest BCUT2D eigenvalue weighted by Gasteiger charge is 2.18. The fraction of sp³-hybridized carbons (Fsp3) is 0.455. The Hall–Kier alpha value is -0.560. The molecule has 0 radical (unpaired) electrons. The van der Waals surface area contributed by atoms with E-state index < -0.39 is 0 Å². The Morgan fingerprint density at radius 2 is 1.94 bits per heavy atom. The Labute approximate surface area is 109 Å².